The van der Waals surface area contributed by atoms with E-state index in [0.29, 0.717) is 0 Å². The zero-order chi connectivity index (χ0) is 8.55. The molecule has 0 radical (unpaired) electrons. The van der Waals surface area contributed by atoms with Crippen molar-refractivity contribution in [3.05, 3.63) is 0 Å². The molecule has 4 atom stereocenters. The Morgan fingerprint density at radius 3 is 2.58 bits per heavy atom. The van der Waals surface area contributed by atoms with Gasteiger partial charge in [-0.15, -0.1) is 0 Å². The smallest absolute Gasteiger partial charge is 0.0499 e. The summed E-state index contributed by atoms with van der Waals surface area (Å²) >= 11 is 0. The van der Waals surface area contributed by atoms with Gasteiger partial charge < -0.3 is 4.74 Å². The molecule has 2 aliphatic carbocycles. The van der Waals surface area contributed by atoms with Crippen molar-refractivity contribution in [2.45, 2.75) is 33.1 Å². The lowest BCUT2D eigenvalue weighted by Crippen LogP contribution is -2.24. The maximum atomic E-state index is 5.54. The van der Waals surface area contributed by atoms with E-state index >= 15 is 0 Å². The maximum Gasteiger partial charge on any atom is 0.0499 e. The van der Waals surface area contributed by atoms with Gasteiger partial charge in [0.25, 0.3) is 0 Å². The quantitative estimate of drug-likeness (QED) is 0.629. The molecule has 12 heavy (non-hydrogen) atoms. The molecule has 0 aromatic carbocycles. The van der Waals surface area contributed by atoms with Gasteiger partial charge in [-0.2, -0.15) is 0 Å². The van der Waals surface area contributed by atoms with Gasteiger partial charge in [-0.3, -0.25) is 0 Å². The largest absolute Gasteiger partial charge is 0.381 e. The van der Waals surface area contributed by atoms with Gasteiger partial charge in [0.2, 0.25) is 0 Å². The Labute approximate surface area is 75.5 Å². The van der Waals surface area contributed by atoms with E-state index in [1.165, 1.54) is 19.3 Å². The molecule has 0 aromatic heterocycles. The standard InChI is InChI=1S/C11H20O/c1-3-12-7-11-8(2)9-4-5-10(11)6-9/h8-11H,3-7H2,1-2H3. The highest BCUT2D eigenvalue weighted by Crippen LogP contribution is 2.51. The Balaban J connectivity index is 1.89. The van der Waals surface area contributed by atoms with Crippen LogP contribution in [0.5, 0.6) is 0 Å². The molecule has 0 N–H and O–H groups in total. The van der Waals surface area contributed by atoms with Crippen LogP contribution in [0.1, 0.15) is 33.1 Å². The summed E-state index contributed by atoms with van der Waals surface area (Å²) in [5.74, 6) is 3.89. The van der Waals surface area contributed by atoms with Crippen LogP contribution in [-0.2, 0) is 4.74 Å². The first-order valence-electron chi connectivity index (χ1n) is 5.40. The minimum absolute atomic E-state index is 0.889. The molecule has 0 heterocycles. The van der Waals surface area contributed by atoms with Gasteiger partial charge in [0, 0.05) is 13.2 Å². The van der Waals surface area contributed by atoms with Crippen LogP contribution < -0.4 is 0 Å². The second-order valence-corrected chi connectivity index (χ2v) is 4.52. The first-order chi connectivity index (χ1) is 5.83. The third-order valence-corrected chi connectivity index (χ3v) is 4.05. The molecule has 0 amide bonds. The number of hydrogen-bond donors (Lipinski definition) is 0. The van der Waals surface area contributed by atoms with Crippen LogP contribution >= 0.6 is 0 Å². The van der Waals surface area contributed by atoms with Crippen molar-refractivity contribution in [3.8, 4) is 0 Å². The molecular formula is C11H20O. The van der Waals surface area contributed by atoms with Crippen LogP contribution in [-0.4, -0.2) is 13.2 Å². The molecular weight excluding hydrogens is 148 g/mol. The van der Waals surface area contributed by atoms with Gasteiger partial charge in [0.05, 0.1) is 0 Å². The first kappa shape index (κ1) is 8.55. The van der Waals surface area contributed by atoms with Gasteiger partial charge >= 0.3 is 0 Å². The Morgan fingerprint density at radius 1 is 1.25 bits per heavy atom. The normalized spacial score (nSPS) is 45.5. The molecule has 1 nitrogen and oxygen atoms in total. The van der Waals surface area contributed by atoms with Crippen molar-refractivity contribution in [3.63, 3.8) is 0 Å². The average Bonchev–Trinajstić information content (AvgIpc) is 2.62. The highest BCUT2D eigenvalue weighted by Gasteiger charge is 2.44. The van der Waals surface area contributed by atoms with E-state index in [1.807, 2.05) is 0 Å². The molecule has 0 saturated heterocycles. The Hall–Kier alpha value is -0.0400. The van der Waals surface area contributed by atoms with E-state index < -0.39 is 0 Å². The summed E-state index contributed by atoms with van der Waals surface area (Å²) < 4.78 is 5.54. The molecule has 2 saturated carbocycles. The molecule has 4 unspecified atom stereocenters. The molecule has 1 heteroatoms. The Morgan fingerprint density at radius 2 is 2.00 bits per heavy atom. The van der Waals surface area contributed by atoms with Crippen LogP contribution in [0.25, 0.3) is 0 Å². The topological polar surface area (TPSA) is 9.23 Å². The van der Waals surface area contributed by atoms with Crippen LogP contribution in [0.15, 0.2) is 0 Å². The second kappa shape index (κ2) is 3.37. The fourth-order valence-electron chi connectivity index (χ4n) is 3.24. The predicted octanol–water partition coefficient (Wildman–Crippen LogP) is 2.71. The SMILES string of the molecule is CCOCC1C2CCC(C2)C1C. The van der Waals surface area contributed by atoms with Gasteiger partial charge in [0.1, 0.15) is 0 Å². The van der Waals surface area contributed by atoms with Crippen LogP contribution in [0.4, 0.5) is 0 Å². The van der Waals surface area contributed by atoms with Crippen molar-refractivity contribution < 1.29 is 4.74 Å². The molecule has 2 bridgehead atoms. The Kier molecular flexibility index (Phi) is 2.40. The highest BCUT2D eigenvalue weighted by molar-refractivity contribution is 4.94. The van der Waals surface area contributed by atoms with Crippen molar-refractivity contribution in [2.24, 2.45) is 23.7 Å². The summed E-state index contributed by atoms with van der Waals surface area (Å²) in [4.78, 5) is 0. The predicted molar refractivity (Wildman–Crippen MR) is 50.0 cm³/mol. The second-order valence-electron chi connectivity index (χ2n) is 4.52. The van der Waals surface area contributed by atoms with E-state index in [0.717, 1.165) is 36.9 Å². The molecule has 2 rings (SSSR count). The fraction of sp³-hybridized carbons (Fsp3) is 1.00. The summed E-state index contributed by atoms with van der Waals surface area (Å²) in [6.07, 6.45) is 4.47. The molecule has 0 spiro atoms. The number of fused-ring (bicyclic) bond motifs is 2. The molecule has 70 valence electrons. The van der Waals surface area contributed by atoms with E-state index in [9.17, 15) is 0 Å². The Bertz CT molecular complexity index is 153. The van der Waals surface area contributed by atoms with E-state index in [4.69, 9.17) is 4.74 Å². The molecule has 2 fully saturated rings. The number of ether oxygens (including phenoxy) is 1. The van der Waals surface area contributed by atoms with E-state index in [2.05, 4.69) is 13.8 Å². The average molecular weight is 168 g/mol. The van der Waals surface area contributed by atoms with Crippen molar-refractivity contribution in [1.29, 1.82) is 0 Å². The van der Waals surface area contributed by atoms with E-state index in [-0.39, 0.29) is 0 Å². The fourth-order valence-corrected chi connectivity index (χ4v) is 3.24. The number of rotatable bonds is 3. The monoisotopic (exact) mass is 168 g/mol. The van der Waals surface area contributed by atoms with E-state index in [1.54, 1.807) is 0 Å². The molecule has 0 aromatic rings. The minimum atomic E-state index is 0.889. The minimum Gasteiger partial charge on any atom is -0.381 e. The van der Waals surface area contributed by atoms with Gasteiger partial charge in [-0.1, -0.05) is 6.92 Å². The van der Waals surface area contributed by atoms with Crippen LogP contribution in [0.3, 0.4) is 0 Å². The molecule has 0 aliphatic heterocycles. The summed E-state index contributed by atoms with van der Waals surface area (Å²) in [5, 5.41) is 0. The van der Waals surface area contributed by atoms with Gasteiger partial charge in [-0.25, -0.2) is 0 Å². The van der Waals surface area contributed by atoms with Crippen molar-refractivity contribution >= 4 is 0 Å². The van der Waals surface area contributed by atoms with Crippen LogP contribution in [0.2, 0.25) is 0 Å². The summed E-state index contributed by atoms with van der Waals surface area (Å²) in [7, 11) is 0. The lowest BCUT2D eigenvalue weighted by atomic mass is 9.81. The number of hydrogen-bond acceptors (Lipinski definition) is 1. The lowest BCUT2D eigenvalue weighted by Gasteiger charge is -2.27. The lowest BCUT2D eigenvalue weighted by molar-refractivity contribution is 0.0650. The van der Waals surface area contributed by atoms with Crippen molar-refractivity contribution in [1.82, 2.24) is 0 Å². The molecule has 2 aliphatic rings. The third-order valence-electron chi connectivity index (χ3n) is 4.05. The van der Waals surface area contributed by atoms with Crippen LogP contribution in [0, 0.1) is 23.7 Å². The first-order valence-corrected chi connectivity index (χ1v) is 5.40. The zero-order valence-corrected chi connectivity index (χ0v) is 8.25. The highest BCUT2D eigenvalue weighted by atomic mass is 16.5. The summed E-state index contributed by atoms with van der Waals surface area (Å²) in [5.41, 5.74) is 0. The zero-order valence-electron chi connectivity index (χ0n) is 8.25. The van der Waals surface area contributed by atoms with Gasteiger partial charge in [0.15, 0.2) is 0 Å². The van der Waals surface area contributed by atoms with Crippen molar-refractivity contribution in [2.75, 3.05) is 13.2 Å². The summed E-state index contributed by atoms with van der Waals surface area (Å²) in [6.45, 7) is 6.44. The third kappa shape index (κ3) is 1.28. The maximum absolute atomic E-state index is 5.54. The van der Waals surface area contributed by atoms with Gasteiger partial charge in [-0.05, 0) is 49.9 Å². The summed E-state index contributed by atoms with van der Waals surface area (Å²) in [6, 6.07) is 0.